The van der Waals surface area contributed by atoms with Crippen LogP contribution < -0.4 is 21.3 Å². The van der Waals surface area contributed by atoms with Crippen LogP contribution in [0.15, 0.2) is 24.3 Å². The van der Waals surface area contributed by atoms with Gasteiger partial charge in [0.25, 0.3) is 0 Å². The maximum atomic E-state index is 12.9. The second-order valence-electron chi connectivity index (χ2n) is 6.33. The van der Waals surface area contributed by atoms with Gasteiger partial charge in [-0.1, -0.05) is 25.5 Å². The highest BCUT2D eigenvalue weighted by atomic mass is 19.1. The average Bonchev–Trinajstić information content (AvgIpc) is 3.12. The van der Waals surface area contributed by atoms with Gasteiger partial charge >= 0.3 is 6.03 Å². The first-order valence-electron chi connectivity index (χ1n) is 8.88. The van der Waals surface area contributed by atoms with Crippen LogP contribution in [0.2, 0.25) is 0 Å². The Bertz CT molecular complexity index is 559. The maximum Gasteiger partial charge on any atom is 0.315 e. The molecule has 4 N–H and O–H groups in total. The van der Waals surface area contributed by atoms with Crippen LogP contribution in [0.1, 0.15) is 38.2 Å². The number of urea groups is 1. The molecule has 1 aromatic carbocycles. The molecular formula is C18H27FN4O2. The molecular weight excluding hydrogens is 323 g/mol. The molecule has 0 aliphatic carbocycles. The summed E-state index contributed by atoms with van der Waals surface area (Å²) in [4.78, 5) is 24.4. The summed E-state index contributed by atoms with van der Waals surface area (Å²) in [5.74, 6) is -0.475. The van der Waals surface area contributed by atoms with Gasteiger partial charge in [-0.05, 0) is 43.5 Å². The number of carbonyl (C=O) groups is 2. The van der Waals surface area contributed by atoms with Crippen LogP contribution in [0, 0.1) is 5.82 Å². The van der Waals surface area contributed by atoms with Crippen LogP contribution in [0.5, 0.6) is 0 Å². The molecule has 0 bridgehead atoms. The molecule has 1 aliphatic rings. The van der Waals surface area contributed by atoms with E-state index in [1.165, 1.54) is 12.1 Å². The fraction of sp³-hybridized carbons (Fsp3) is 0.556. The Kier molecular flexibility index (Phi) is 7.66. The highest BCUT2D eigenvalue weighted by Gasteiger charge is 2.21. The summed E-state index contributed by atoms with van der Waals surface area (Å²) in [5.41, 5.74) is 0.792. The molecule has 1 aliphatic heterocycles. The monoisotopic (exact) mass is 350 g/mol. The smallest absolute Gasteiger partial charge is 0.315 e. The standard InChI is InChI=1S/C18H27FN4O2/c1-2-4-16(17(24)21-12-15-5-3-10-20-15)23-18(25)22-11-13-6-8-14(19)9-7-13/h6-9,15-16,20H,2-5,10-12H2,1H3,(H,21,24)(H2,22,23,25). The molecule has 25 heavy (non-hydrogen) atoms. The summed E-state index contributed by atoms with van der Waals surface area (Å²) < 4.78 is 12.9. The van der Waals surface area contributed by atoms with Crippen molar-refractivity contribution >= 4 is 11.9 Å². The van der Waals surface area contributed by atoms with Crippen molar-refractivity contribution in [3.8, 4) is 0 Å². The molecule has 1 saturated heterocycles. The Morgan fingerprint density at radius 3 is 2.68 bits per heavy atom. The van der Waals surface area contributed by atoms with Gasteiger partial charge in [-0.15, -0.1) is 0 Å². The maximum absolute atomic E-state index is 12.9. The number of benzene rings is 1. The minimum Gasteiger partial charge on any atom is -0.353 e. The largest absolute Gasteiger partial charge is 0.353 e. The molecule has 0 radical (unpaired) electrons. The van der Waals surface area contributed by atoms with Crippen LogP contribution in [0.4, 0.5) is 9.18 Å². The summed E-state index contributed by atoms with van der Waals surface area (Å²) in [6.07, 6.45) is 3.55. The molecule has 2 atom stereocenters. The van der Waals surface area contributed by atoms with Crippen molar-refractivity contribution in [3.05, 3.63) is 35.6 Å². The second kappa shape index (κ2) is 9.98. The summed E-state index contributed by atoms with van der Waals surface area (Å²) in [6, 6.07) is 5.27. The fourth-order valence-electron chi connectivity index (χ4n) is 2.83. The van der Waals surface area contributed by atoms with Crippen molar-refractivity contribution < 1.29 is 14.0 Å². The summed E-state index contributed by atoms with van der Waals surface area (Å²) in [7, 11) is 0. The van der Waals surface area contributed by atoms with Crippen LogP contribution in [-0.4, -0.2) is 37.1 Å². The van der Waals surface area contributed by atoms with Gasteiger partial charge in [0.15, 0.2) is 0 Å². The van der Waals surface area contributed by atoms with Gasteiger partial charge in [0, 0.05) is 19.1 Å². The Morgan fingerprint density at radius 2 is 2.04 bits per heavy atom. The summed E-state index contributed by atoms with van der Waals surface area (Å²) in [5, 5.41) is 11.6. The van der Waals surface area contributed by atoms with E-state index < -0.39 is 12.1 Å². The number of nitrogens with one attached hydrogen (secondary N) is 4. The number of carbonyl (C=O) groups excluding carboxylic acids is 2. The lowest BCUT2D eigenvalue weighted by Crippen LogP contribution is -2.51. The molecule has 0 saturated carbocycles. The third-order valence-electron chi connectivity index (χ3n) is 4.25. The minimum atomic E-state index is -0.556. The third-order valence-corrected chi connectivity index (χ3v) is 4.25. The van der Waals surface area contributed by atoms with E-state index in [0.717, 1.165) is 31.4 Å². The minimum absolute atomic E-state index is 0.160. The van der Waals surface area contributed by atoms with E-state index >= 15 is 0 Å². The van der Waals surface area contributed by atoms with E-state index in [1.54, 1.807) is 12.1 Å². The topological polar surface area (TPSA) is 82.3 Å². The van der Waals surface area contributed by atoms with Crippen LogP contribution in [0.3, 0.4) is 0 Å². The quantitative estimate of drug-likeness (QED) is 0.575. The van der Waals surface area contributed by atoms with E-state index in [-0.39, 0.29) is 18.3 Å². The van der Waals surface area contributed by atoms with Crippen molar-refractivity contribution in [1.29, 1.82) is 0 Å². The van der Waals surface area contributed by atoms with Crippen LogP contribution in [-0.2, 0) is 11.3 Å². The number of halogens is 1. The predicted octanol–water partition coefficient (Wildman–Crippen LogP) is 1.66. The van der Waals surface area contributed by atoms with Gasteiger partial charge in [0.05, 0.1) is 0 Å². The number of hydrogen-bond donors (Lipinski definition) is 4. The molecule has 0 aromatic heterocycles. The Balaban J connectivity index is 1.76. The fourth-order valence-corrected chi connectivity index (χ4v) is 2.83. The first-order chi connectivity index (χ1) is 12.1. The van der Waals surface area contributed by atoms with Crippen molar-refractivity contribution in [2.24, 2.45) is 0 Å². The van der Waals surface area contributed by atoms with Crippen molar-refractivity contribution in [2.75, 3.05) is 13.1 Å². The Morgan fingerprint density at radius 1 is 1.28 bits per heavy atom. The van der Waals surface area contributed by atoms with Gasteiger partial charge in [0.2, 0.25) is 5.91 Å². The highest BCUT2D eigenvalue weighted by molar-refractivity contribution is 5.87. The first kappa shape index (κ1) is 19.2. The third kappa shape index (κ3) is 6.70. The van der Waals surface area contributed by atoms with Crippen molar-refractivity contribution in [3.63, 3.8) is 0 Å². The first-order valence-corrected chi connectivity index (χ1v) is 8.88. The molecule has 1 fully saturated rings. The lowest BCUT2D eigenvalue weighted by Gasteiger charge is -2.19. The molecule has 6 nitrogen and oxygen atoms in total. The Labute approximate surface area is 147 Å². The lowest BCUT2D eigenvalue weighted by atomic mass is 10.1. The molecule has 2 unspecified atom stereocenters. The molecule has 2 rings (SSSR count). The van der Waals surface area contributed by atoms with E-state index in [0.29, 0.717) is 19.0 Å². The van der Waals surface area contributed by atoms with Gasteiger partial charge in [0.1, 0.15) is 11.9 Å². The predicted molar refractivity (Wildman–Crippen MR) is 94.5 cm³/mol. The molecule has 138 valence electrons. The summed E-state index contributed by atoms with van der Waals surface area (Å²) in [6.45, 7) is 3.82. The summed E-state index contributed by atoms with van der Waals surface area (Å²) >= 11 is 0. The zero-order valence-electron chi connectivity index (χ0n) is 14.6. The normalized spacial score (nSPS) is 17.8. The number of hydrogen-bond acceptors (Lipinski definition) is 3. The Hall–Kier alpha value is -2.15. The van der Waals surface area contributed by atoms with Crippen LogP contribution >= 0.6 is 0 Å². The van der Waals surface area contributed by atoms with E-state index in [9.17, 15) is 14.0 Å². The number of rotatable bonds is 8. The molecule has 7 heteroatoms. The zero-order chi connectivity index (χ0) is 18.1. The molecule has 3 amide bonds. The lowest BCUT2D eigenvalue weighted by molar-refractivity contribution is -0.123. The average molecular weight is 350 g/mol. The van der Waals surface area contributed by atoms with Gasteiger partial charge in [-0.3, -0.25) is 4.79 Å². The zero-order valence-corrected chi connectivity index (χ0v) is 14.6. The molecule has 1 aromatic rings. The van der Waals surface area contributed by atoms with Crippen LogP contribution in [0.25, 0.3) is 0 Å². The van der Waals surface area contributed by atoms with E-state index in [2.05, 4.69) is 21.3 Å². The molecule has 1 heterocycles. The van der Waals surface area contributed by atoms with Gasteiger partial charge in [-0.2, -0.15) is 0 Å². The van der Waals surface area contributed by atoms with Gasteiger partial charge < -0.3 is 21.3 Å². The molecule has 0 spiro atoms. The van der Waals surface area contributed by atoms with Crippen molar-refractivity contribution in [1.82, 2.24) is 21.3 Å². The highest BCUT2D eigenvalue weighted by Crippen LogP contribution is 2.04. The van der Waals surface area contributed by atoms with Crippen molar-refractivity contribution in [2.45, 2.75) is 51.2 Å². The second-order valence-corrected chi connectivity index (χ2v) is 6.33. The van der Waals surface area contributed by atoms with E-state index in [1.807, 2.05) is 6.92 Å². The van der Waals surface area contributed by atoms with Gasteiger partial charge in [-0.25, -0.2) is 9.18 Å². The van der Waals surface area contributed by atoms with E-state index in [4.69, 9.17) is 0 Å². The number of amides is 3. The SMILES string of the molecule is CCCC(NC(=O)NCc1ccc(F)cc1)C(=O)NCC1CCCN1.